The number of nitrogens with zero attached hydrogens (tertiary/aromatic N) is 3. The molecule has 4 nitrogen and oxygen atoms in total. The Labute approximate surface area is 106 Å². The maximum atomic E-state index is 9.14. The zero-order valence-electron chi connectivity index (χ0n) is 10.2. The number of fused-ring (bicyclic) bond motifs is 1. The average Bonchev–Trinajstić information content (AvgIpc) is 3.17. The lowest BCUT2D eigenvalue weighted by Crippen LogP contribution is -2.08. The zero-order valence-corrected chi connectivity index (χ0v) is 10.2. The summed E-state index contributed by atoms with van der Waals surface area (Å²) in [4.78, 5) is 0. The highest BCUT2D eigenvalue weighted by atomic mass is 15.1. The first-order valence-electron chi connectivity index (χ1n) is 6.25. The predicted molar refractivity (Wildman–Crippen MR) is 70.1 cm³/mol. The molecule has 2 aromatic rings. The van der Waals surface area contributed by atoms with Gasteiger partial charge in [-0.15, -0.1) is 10.2 Å². The number of hydrogen-bond donors (Lipinski definition) is 1. The summed E-state index contributed by atoms with van der Waals surface area (Å²) in [5.74, 6) is 0.725. The largest absolute Gasteiger partial charge is 0.379 e. The standard InChI is InChI=1S/C14H14N4/c1-2-9-7-12(9)16-14-10-5-3-4-6-11(10)17-18-13(14)8-15/h3-6,9,12H,2,7H2,1H3,(H,16,17). The summed E-state index contributed by atoms with van der Waals surface area (Å²) >= 11 is 0. The summed E-state index contributed by atoms with van der Waals surface area (Å²) < 4.78 is 0. The number of benzene rings is 1. The van der Waals surface area contributed by atoms with Crippen LogP contribution in [-0.2, 0) is 0 Å². The molecule has 1 fully saturated rings. The van der Waals surface area contributed by atoms with Crippen LogP contribution < -0.4 is 5.32 Å². The van der Waals surface area contributed by atoms with Crippen LogP contribution in [0.1, 0.15) is 25.5 Å². The van der Waals surface area contributed by atoms with Gasteiger partial charge in [0.05, 0.1) is 11.2 Å². The third-order valence-corrected chi connectivity index (χ3v) is 3.55. The third-order valence-electron chi connectivity index (χ3n) is 3.55. The van der Waals surface area contributed by atoms with Crippen molar-refractivity contribution in [2.75, 3.05) is 5.32 Å². The Balaban J connectivity index is 2.05. The van der Waals surface area contributed by atoms with Crippen LogP contribution in [0.25, 0.3) is 10.9 Å². The van der Waals surface area contributed by atoms with Crippen LogP contribution in [-0.4, -0.2) is 16.2 Å². The number of nitrogens with one attached hydrogen (secondary N) is 1. The Morgan fingerprint density at radius 3 is 2.94 bits per heavy atom. The smallest absolute Gasteiger partial charge is 0.186 e. The molecule has 1 aliphatic rings. The molecule has 0 aliphatic heterocycles. The van der Waals surface area contributed by atoms with Crippen LogP contribution in [0.5, 0.6) is 0 Å². The number of rotatable bonds is 3. The molecule has 1 N–H and O–H groups in total. The van der Waals surface area contributed by atoms with E-state index in [0.29, 0.717) is 11.7 Å². The molecule has 1 heterocycles. The van der Waals surface area contributed by atoms with Gasteiger partial charge in [0.2, 0.25) is 0 Å². The van der Waals surface area contributed by atoms with E-state index in [1.54, 1.807) is 0 Å². The number of aromatic nitrogens is 2. The van der Waals surface area contributed by atoms with Crippen molar-refractivity contribution in [3.05, 3.63) is 30.0 Å². The quantitative estimate of drug-likeness (QED) is 0.893. The van der Waals surface area contributed by atoms with Gasteiger partial charge in [0, 0.05) is 11.4 Å². The van der Waals surface area contributed by atoms with E-state index in [4.69, 9.17) is 5.26 Å². The third kappa shape index (κ3) is 1.78. The van der Waals surface area contributed by atoms with Gasteiger partial charge in [0.15, 0.2) is 5.69 Å². The minimum absolute atomic E-state index is 0.385. The van der Waals surface area contributed by atoms with Crippen LogP contribution in [0.4, 0.5) is 5.69 Å². The predicted octanol–water partition coefficient (Wildman–Crippen LogP) is 2.71. The van der Waals surface area contributed by atoms with Crippen LogP contribution in [0.3, 0.4) is 0 Å². The molecule has 1 aromatic carbocycles. The van der Waals surface area contributed by atoms with Crippen molar-refractivity contribution in [1.29, 1.82) is 5.26 Å². The van der Waals surface area contributed by atoms with Gasteiger partial charge in [0.1, 0.15) is 6.07 Å². The summed E-state index contributed by atoms with van der Waals surface area (Å²) in [6.45, 7) is 2.19. The average molecular weight is 238 g/mol. The maximum absolute atomic E-state index is 9.14. The van der Waals surface area contributed by atoms with E-state index in [-0.39, 0.29) is 0 Å². The van der Waals surface area contributed by atoms with Crippen molar-refractivity contribution in [1.82, 2.24) is 10.2 Å². The molecule has 90 valence electrons. The first-order chi connectivity index (χ1) is 8.83. The van der Waals surface area contributed by atoms with E-state index in [2.05, 4.69) is 28.5 Å². The lowest BCUT2D eigenvalue weighted by atomic mass is 10.1. The molecule has 1 aromatic heterocycles. The van der Waals surface area contributed by atoms with Gasteiger partial charge in [-0.05, 0) is 18.4 Å². The highest BCUT2D eigenvalue weighted by Crippen LogP contribution is 2.38. The fourth-order valence-electron chi connectivity index (χ4n) is 2.34. The Morgan fingerprint density at radius 2 is 2.22 bits per heavy atom. The number of anilines is 1. The van der Waals surface area contributed by atoms with Gasteiger partial charge in [-0.1, -0.05) is 31.5 Å². The van der Waals surface area contributed by atoms with Gasteiger partial charge in [-0.3, -0.25) is 0 Å². The van der Waals surface area contributed by atoms with Crippen molar-refractivity contribution < 1.29 is 0 Å². The first-order valence-corrected chi connectivity index (χ1v) is 6.25. The van der Waals surface area contributed by atoms with E-state index in [9.17, 15) is 0 Å². The molecular formula is C14H14N4. The molecule has 0 amide bonds. The molecule has 0 radical (unpaired) electrons. The van der Waals surface area contributed by atoms with Crippen molar-refractivity contribution in [2.24, 2.45) is 5.92 Å². The second-order valence-electron chi connectivity index (χ2n) is 4.71. The Hall–Kier alpha value is -2.15. The Kier molecular flexibility index (Phi) is 2.60. The molecule has 18 heavy (non-hydrogen) atoms. The molecule has 0 bridgehead atoms. The molecule has 3 rings (SSSR count). The van der Waals surface area contributed by atoms with E-state index in [1.165, 1.54) is 12.8 Å². The lowest BCUT2D eigenvalue weighted by Gasteiger charge is -2.09. The van der Waals surface area contributed by atoms with E-state index < -0.39 is 0 Å². The second kappa shape index (κ2) is 4.26. The summed E-state index contributed by atoms with van der Waals surface area (Å²) in [6.07, 6.45) is 2.36. The fraction of sp³-hybridized carbons (Fsp3) is 0.357. The van der Waals surface area contributed by atoms with Crippen LogP contribution in [0.2, 0.25) is 0 Å². The normalized spacial score (nSPS) is 21.6. The summed E-state index contributed by atoms with van der Waals surface area (Å²) in [5, 5.41) is 21.6. The molecule has 1 saturated carbocycles. The topological polar surface area (TPSA) is 61.6 Å². The van der Waals surface area contributed by atoms with Gasteiger partial charge < -0.3 is 5.32 Å². The summed E-state index contributed by atoms with van der Waals surface area (Å²) in [5.41, 5.74) is 2.05. The van der Waals surface area contributed by atoms with E-state index in [1.807, 2.05) is 24.3 Å². The Bertz CT molecular complexity index is 629. The van der Waals surface area contributed by atoms with Crippen LogP contribution in [0, 0.1) is 17.2 Å². The molecule has 2 unspecified atom stereocenters. The van der Waals surface area contributed by atoms with Crippen LogP contribution >= 0.6 is 0 Å². The molecule has 0 saturated heterocycles. The van der Waals surface area contributed by atoms with Crippen molar-refractivity contribution in [2.45, 2.75) is 25.8 Å². The number of nitriles is 1. The SMILES string of the molecule is CCC1CC1Nc1c(C#N)nnc2ccccc12. The molecule has 4 heteroatoms. The van der Waals surface area contributed by atoms with E-state index >= 15 is 0 Å². The first kappa shape index (κ1) is 11.0. The van der Waals surface area contributed by atoms with E-state index in [0.717, 1.165) is 22.5 Å². The monoisotopic (exact) mass is 238 g/mol. The van der Waals surface area contributed by atoms with Crippen molar-refractivity contribution in [3.63, 3.8) is 0 Å². The van der Waals surface area contributed by atoms with Gasteiger partial charge in [-0.25, -0.2) is 0 Å². The van der Waals surface area contributed by atoms with Gasteiger partial charge >= 0.3 is 0 Å². The lowest BCUT2D eigenvalue weighted by molar-refractivity contribution is 0.774. The van der Waals surface area contributed by atoms with Crippen LogP contribution in [0.15, 0.2) is 24.3 Å². The Morgan fingerprint density at radius 1 is 1.39 bits per heavy atom. The molecular weight excluding hydrogens is 224 g/mol. The fourth-order valence-corrected chi connectivity index (χ4v) is 2.34. The van der Waals surface area contributed by atoms with Crippen molar-refractivity contribution >= 4 is 16.6 Å². The highest BCUT2D eigenvalue weighted by Gasteiger charge is 2.36. The minimum Gasteiger partial charge on any atom is -0.379 e. The second-order valence-corrected chi connectivity index (χ2v) is 4.71. The highest BCUT2D eigenvalue weighted by molar-refractivity contribution is 5.93. The minimum atomic E-state index is 0.385. The molecule has 2 atom stereocenters. The van der Waals surface area contributed by atoms with Crippen molar-refractivity contribution in [3.8, 4) is 6.07 Å². The molecule has 1 aliphatic carbocycles. The van der Waals surface area contributed by atoms with Gasteiger partial charge in [0.25, 0.3) is 0 Å². The number of hydrogen-bond acceptors (Lipinski definition) is 4. The zero-order chi connectivity index (χ0) is 12.5. The summed E-state index contributed by atoms with van der Waals surface area (Å²) in [7, 11) is 0. The van der Waals surface area contributed by atoms with Gasteiger partial charge in [-0.2, -0.15) is 5.26 Å². The summed E-state index contributed by atoms with van der Waals surface area (Å²) in [6, 6.07) is 10.4. The maximum Gasteiger partial charge on any atom is 0.186 e. The molecule has 0 spiro atoms.